The molecule has 6 nitrogen and oxygen atoms in total. The van der Waals surface area contributed by atoms with Crippen molar-refractivity contribution in [2.45, 2.75) is 5.92 Å². The molecule has 6 heteroatoms. The Balaban J connectivity index is 1.49. The normalized spacial score (nSPS) is 12.1. The first-order chi connectivity index (χ1) is 15.2. The van der Waals surface area contributed by atoms with Crippen molar-refractivity contribution in [1.82, 2.24) is 20.5 Å². The molecule has 0 fully saturated rings. The summed E-state index contributed by atoms with van der Waals surface area (Å²) >= 11 is 0. The molecule has 0 aliphatic heterocycles. The zero-order valence-corrected chi connectivity index (χ0v) is 16.6. The van der Waals surface area contributed by atoms with E-state index in [4.69, 9.17) is 0 Å². The molecule has 5 rings (SSSR count). The number of aromatic nitrogens is 3. The van der Waals surface area contributed by atoms with Gasteiger partial charge in [-0.1, -0.05) is 66.7 Å². The number of hydrogen-bond donors (Lipinski definition) is 3. The lowest BCUT2D eigenvalue weighted by Crippen LogP contribution is -2.30. The summed E-state index contributed by atoms with van der Waals surface area (Å²) in [5.41, 5.74) is 3.17. The molecule has 1 atom stereocenters. The molecule has 0 spiro atoms. The number of benzene rings is 3. The van der Waals surface area contributed by atoms with Gasteiger partial charge in [0.15, 0.2) is 5.69 Å². The third-order valence-electron chi connectivity index (χ3n) is 5.58. The fraction of sp³-hybridized carbons (Fsp3) is 0.0800. The monoisotopic (exact) mass is 408 g/mol. The van der Waals surface area contributed by atoms with Crippen molar-refractivity contribution < 1.29 is 4.79 Å². The van der Waals surface area contributed by atoms with Gasteiger partial charge in [-0.25, -0.2) is 5.10 Å². The number of H-pyrrole nitrogens is 2. The zero-order valence-electron chi connectivity index (χ0n) is 16.6. The number of para-hydroxylation sites is 1. The van der Waals surface area contributed by atoms with E-state index in [1.165, 1.54) is 0 Å². The Bertz CT molecular complexity index is 1440. The zero-order chi connectivity index (χ0) is 21.2. The minimum absolute atomic E-state index is 0.0460. The van der Waals surface area contributed by atoms with Gasteiger partial charge in [0.25, 0.3) is 11.5 Å². The predicted molar refractivity (Wildman–Crippen MR) is 121 cm³/mol. The van der Waals surface area contributed by atoms with Crippen molar-refractivity contribution in [3.63, 3.8) is 0 Å². The van der Waals surface area contributed by atoms with Crippen LogP contribution in [0.3, 0.4) is 0 Å². The number of nitrogens with zero attached hydrogens (tertiary/aromatic N) is 1. The second kappa shape index (κ2) is 7.91. The van der Waals surface area contributed by atoms with Crippen LogP contribution >= 0.6 is 0 Å². The molecule has 1 amide bonds. The van der Waals surface area contributed by atoms with Crippen molar-refractivity contribution in [2.24, 2.45) is 0 Å². The second-order valence-corrected chi connectivity index (χ2v) is 7.41. The number of aromatic amines is 2. The van der Waals surface area contributed by atoms with E-state index >= 15 is 0 Å². The van der Waals surface area contributed by atoms with E-state index in [9.17, 15) is 9.59 Å². The second-order valence-electron chi connectivity index (χ2n) is 7.41. The topological polar surface area (TPSA) is 90.6 Å². The van der Waals surface area contributed by atoms with Crippen LogP contribution in [0, 0.1) is 0 Å². The van der Waals surface area contributed by atoms with Crippen LogP contribution in [-0.4, -0.2) is 27.6 Å². The number of hydrogen-bond acceptors (Lipinski definition) is 3. The highest BCUT2D eigenvalue weighted by molar-refractivity contribution is 6.04. The summed E-state index contributed by atoms with van der Waals surface area (Å²) in [5.74, 6) is -0.372. The van der Waals surface area contributed by atoms with E-state index in [1.54, 1.807) is 24.3 Å². The molecule has 3 N–H and O–H groups in total. The summed E-state index contributed by atoms with van der Waals surface area (Å²) in [6.45, 7) is 0.389. The number of amides is 1. The summed E-state index contributed by atoms with van der Waals surface area (Å²) in [4.78, 5) is 28.4. The van der Waals surface area contributed by atoms with Crippen molar-refractivity contribution >= 4 is 27.6 Å². The van der Waals surface area contributed by atoms with Crippen LogP contribution in [-0.2, 0) is 0 Å². The molecule has 31 heavy (non-hydrogen) atoms. The lowest BCUT2D eigenvalue weighted by molar-refractivity contribution is 0.0948. The van der Waals surface area contributed by atoms with Gasteiger partial charge in [-0.05, 0) is 23.3 Å². The Morgan fingerprint density at radius 2 is 1.55 bits per heavy atom. The highest BCUT2D eigenvalue weighted by atomic mass is 16.2. The van der Waals surface area contributed by atoms with Crippen LogP contribution in [0.2, 0.25) is 0 Å². The van der Waals surface area contributed by atoms with Crippen molar-refractivity contribution in [3.8, 4) is 0 Å². The van der Waals surface area contributed by atoms with Gasteiger partial charge in [0, 0.05) is 34.9 Å². The fourth-order valence-electron chi connectivity index (χ4n) is 4.04. The Morgan fingerprint density at radius 3 is 2.35 bits per heavy atom. The molecular weight excluding hydrogens is 388 g/mol. The van der Waals surface area contributed by atoms with Gasteiger partial charge in [0.2, 0.25) is 0 Å². The van der Waals surface area contributed by atoms with Crippen molar-refractivity contribution in [1.29, 1.82) is 0 Å². The largest absolute Gasteiger partial charge is 0.361 e. The third kappa shape index (κ3) is 3.48. The Labute approximate surface area is 177 Å². The van der Waals surface area contributed by atoms with Gasteiger partial charge in [-0.2, -0.15) is 5.10 Å². The molecule has 5 aromatic rings. The highest BCUT2D eigenvalue weighted by Crippen LogP contribution is 2.30. The maximum atomic E-state index is 13.0. The number of carbonyl (C=O) groups is 1. The van der Waals surface area contributed by atoms with Crippen LogP contribution in [0.1, 0.15) is 27.5 Å². The first-order valence-electron chi connectivity index (χ1n) is 10.1. The van der Waals surface area contributed by atoms with E-state index in [0.29, 0.717) is 17.3 Å². The van der Waals surface area contributed by atoms with Gasteiger partial charge < -0.3 is 10.3 Å². The van der Waals surface area contributed by atoms with Gasteiger partial charge >= 0.3 is 0 Å². The van der Waals surface area contributed by atoms with Crippen LogP contribution in [0.5, 0.6) is 0 Å². The first-order valence-corrected chi connectivity index (χ1v) is 10.1. The lowest BCUT2D eigenvalue weighted by atomic mass is 9.91. The lowest BCUT2D eigenvalue weighted by Gasteiger charge is -2.18. The minimum atomic E-state index is -0.326. The first kappa shape index (κ1) is 18.8. The molecule has 2 heterocycles. The molecule has 2 aromatic heterocycles. The Hall–Kier alpha value is -4.19. The average Bonchev–Trinajstić information content (AvgIpc) is 3.24. The molecule has 3 aromatic carbocycles. The fourth-order valence-corrected chi connectivity index (χ4v) is 4.04. The average molecular weight is 408 g/mol. The summed E-state index contributed by atoms with van der Waals surface area (Å²) in [7, 11) is 0. The van der Waals surface area contributed by atoms with Crippen molar-refractivity contribution in [2.75, 3.05) is 6.54 Å². The molecule has 0 saturated heterocycles. The highest BCUT2D eigenvalue weighted by Gasteiger charge is 2.21. The molecule has 0 bridgehead atoms. The predicted octanol–water partition coefficient (Wildman–Crippen LogP) is 3.97. The summed E-state index contributed by atoms with van der Waals surface area (Å²) in [6, 6.07) is 25.2. The quantitative estimate of drug-likeness (QED) is 0.411. The van der Waals surface area contributed by atoms with Crippen LogP contribution < -0.4 is 10.9 Å². The maximum Gasteiger partial charge on any atom is 0.272 e. The van der Waals surface area contributed by atoms with E-state index in [-0.39, 0.29) is 23.1 Å². The van der Waals surface area contributed by atoms with E-state index < -0.39 is 0 Å². The summed E-state index contributed by atoms with van der Waals surface area (Å²) in [6.07, 6.45) is 2.00. The van der Waals surface area contributed by atoms with Gasteiger partial charge in [-0.15, -0.1) is 0 Å². The molecule has 1 unspecified atom stereocenters. The maximum absolute atomic E-state index is 13.0. The molecule has 0 saturated carbocycles. The Morgan fingerprint density at radius 1 is 0.871 bits per heavy atom. The van der Waals surface area contributed by atoms with Crippen LogP contribution in [0.4, 0.5) is 0 Å². The third-order valence-corrected chi connectivity index (χ3v) is 5.58. The van der Waals surface area contributed by atoms with Crippen LogP contribution in [0.15, 0.2) is 89.9 Å². The van der Waals surface area contributed by atoms with E-state index in [1.807, 2.05) is 42.6 Å². The van der Waals surface area contributed by atoms with E-state index in [2.05, 4.69) is 38.7 Å². The van der Waals surface area contributed by atoms with Crippen LogP contribution in [0.25, 0.3) is 21.7 Å². The minimum Gasteiger partial charge on any atom is -0.361 e. The van der Waals surface area contributed by atoms with Crippen molar-refractivity contribution in [3.05, 3.63) is 112 Å². The van der Waals surface area contributed by atoms with Gasteiger partial charge in [0.1, 0.15) is 0 Å². The SMILES string of the molecule is O=C(NCC(c1ccccc1)c1c[nH]c2ccccc12)c1n[nH]c(=O)c2ccccc12. The van der Waals surface area contributed by atoms with E-state index in [0.717, 1.165) is 22.0 Å². The number of fused-ring (bicyclic) bond motifs is 2. The van der Waals surface area contributed by atoms with Gasteiger partial charge in [-0.3, -0.25) is 9.59 Å². The number of nitrogens with one attached hydrogen (secondary N) is 3. The summed E-state index contributed by atoms with van der Waals surface area (Å²) in [5, 5.41) is 11.6. The molecular formula is C25H20N4O2. The molecule has 0 radical (unpaired) electrons. The standard InChI is InChI=1S/C25H20N4O2/c30-24-19-12-5-4-11-18(19)23(28-29-24)25(31)27-14-20(16-8-2-1-3-9-16)21-15-26-22-13-7-6-10-17(21)22/h1-13,15,20,26H,14H2,(H,27,31)(H,29,30). The molecule has 0 aliphatic rings. The smallest absolute Gasteiger partial charge is 0.272 e. The summed E-state index contributed by atoms with van der Waals surface area (Å²) < 4.78 is 0. The van der Waals surface area contributed by atoms with Gasteiger partial charge in [0.05, 0.1) is 5.39 Å². The Kier molecular flexibility index (Phi) is 4.80. The number of rotatable bonds is 5. The molecule has 152 valence electrons. The number of carbonyl (C=O) groups excluding carboxylic acids is 1. The molecule has 0 aliphatic carbocycles.